The highest BCUT2D eigenvalue weighted by Crippen LogP contribution is 2.35. The molecule has 1 unspecified atom stereocenters. The van der Waals surface area contributed by atoms with Crippen LogP contribution in [0.4, 0.5) is 13.2 Å². The molecule has 0 saturated heterocycles. The van der Waals surface area contributed by atoms with Crippen molar-refractivity contribution in [3.8, 4) is 0 Å². The van der Waals surface area contributed by atoms with E-state index in [2.05, 4.69) is 14.9 Å². The number of ether oxygens (including phenoxy) is 1. The van der Waals surface area contributed by atoms with Gasteiger partial charge in [-0.25, -0.2) is 4.79 Å². The Hall–Kier alpha value is -2.89. The van der Waals surface area contributed by atoms with E-state index < -0.39 is 12.1 Å². The summed E-state index contributed by atoms with van der Waals surface area (Å²) in [4.78, 5) is 23.7. The second-order valence-electron chi connectivity index (χ2n) is 7.73. The van der Waals surface area contributed by atoms with E-state index in [1.807, 2.05) is 18.0 Å². The normalized spacial score (nSPS) is 18.0. The van der Waals surface area contributed by atoms with E-state index in [4.69, 9.17) is 19.2 Å². The van der Waals surface area contributed by atoms with Gasteiger partial charge in [0.05, 0.1) is 24.5 Å². The van der Waals surface area contributed by atoms with Gasteiger partial charge in [-0.1, -0.05) is 5.16 Å². The fourth-order valence-electron chi connectivity index (χ4n) is 3.50. The number of nitrogens with zero attached hydrogens (tertiary/aromatic N) is 4. The molecule has 2 aliphatic rings. The van der Waals surface area contributed by atoms with Crippen LogP contribution in [0.15, 0.2) is 16.8 Å². The maximum absolute atomic E-state index is 13.0. The van der Waals surface area contributed by atoms with Crippen molar-refractivity contribution in [2.75, 3.05) is 19.8 Å². The molecule has 0 bridgehead atoms. The minimum atomic E-state index is -5.08. The summed E-state index contributed by atoms with van der Waals surface area (Å²) in [5.74, 6) is -1.50. The Kier molecular flexibility index (Phi) is 7.22. The number of aryl methyl sites for hydroxylation is 1. The molecule has 1 aliphatic heterocycles. The number of aromatic nitrogens is 3. The van der Waals surface area contributed by atoms with Crippen LogP contribution in [0.1, 0.15) is 53.3 Å². The van der Waals surface area contributed by atoms with Gasteiger partial charge in [0.2, 0.25) is 0 Å². The molecule has 4 rings (SSSR count). The van der Waals surface area contributed by atoms with Gasteiger partial charge >= 0.3 is 12.1 Å². The van der Waals surface area contributed by atoms with Crippen molar-refractivity contribution in [2.45, 2.75) is 51.9 Å². The molecule has 1 saturated carbocycles. The SMILES string of the molecule is CCOCC1c2c(cnn2CC2CC2)CCN1C(=O)c1cc(C)on1.O=C(O)C(F)(F)F. The molecule has 0 radical (unpaired) electrons. The summed E-state index contributed by atoms with van der Waals surface area (Å²) in [6.07, 6.45) is 0.223. The number of alkyl halides is 3. The number of fused-ring (bicyclic) bond motifs is 1. The van der Waals surface area contributed by atoms with Crippen molar-refractivity contribution in [2.24, 2.45) is 5.92 Å². The summed E-state index contributed by atoms with van der Waals surface area (Å²) >= 11 is 0. The van der Waals surface area contributed by atoms with Gasteiger partial charge in [0, 0.05) is 25.8 Å². The van der Waals surface area contributed by atoms with Gasteiger partial charge in [-0.2, -0.15) is 18.3 Å². The van der Waals surface area contributed by atoms with Crippen LogP contribution in [0.2, 0.25) is 0 Å². The van der Waals surface area contributed by atoms with Crippen LogP contribution in [0.25, 0.3) is 0 Å². The first-order valence-electron chi connectivity index (χ1n) is 10.3. The maximum atomic E-state index is 13.0. The van der Waals surface area contributed by atoms with Gasteiger partial charge in [0.25, 0.3) is 5.91 Å². The summed E-state index contributed by atoms with van der Waals surface area (Å²) in [5, 5.41) is 15.6. The average Bonchev–Trinajstić information content (AvgIpc) is 3.29. The molecule has 0 aromatic carbocycles. The molecule has 1 aliphatic carbocycles. The van der Waals surface area contributed by atoms with E-state index in [9.17, 15) is 18.0 Å². The first kappa shape index (κ1) is 23.8. The van der Waals surface area contributed by atoms with Crippen molar-refractivity contribution in [3.63, 3.8) is 0 Å². The lowest BCUT2D eigenvalue weighted by Crippen LogP contribution is -2.43. The third-order valence-electron chi connectivity index (χ3n) is 5.23. The lowest BCUT2D eigenvalue weighted by Gasteiger charge is -2.35. The number of aliphatic carboxylic acids is 1. The van der Waals surface area contributed by atoms with E-state index in [0.29, 0.717) is 31.2 Å². The topological polar surface area (TPSA) is 111 Å². The average molecular weight is 458 g/mol. The Labute approximate surface area is 182 Å². The molecule has 1 N–H and O–H groups in total. The van der Waals surface area contributed by atoms with Crippen LogP contribution in [-0.4, -0.2) is 62.8 Å². The first-order valence-corrected chi connectivity index (χ1v) is 10.3. The van der Waals surface area contributed by atoms with Crippen molar-refractivity contribution >= 4 is 11.9 Å². The first-order chi connectivity index (χ1) is 15.1. The smallest absolute Gasteiger partial charge is 0.475 e. The number of carbonyl (C=O) groups is 2. The summed E-state index contributed by atoms with van der Waals surface area (Å²) in [6, 6.07) is 1.56. The Morgan fingerprint density at radius 2 is 2.03 bits per heavy atom. The number of hydrogen-bond donors (Lipinski definition) is 1. The lowest BCUT2D eigenvalue weighted by molar-refractivity contribution is -0.192. The molecule has 2 aromatic heterocycles. The summed E-state index contributed by atoms with van der Waals surface area (Å²) in [5.41, 5.74) is 2.71. The molecule has 12 heteroatoms. The van der Waals surface area contributed by atoms with Gasteiger partial charge in [-0.15, -0.1) is 0 Å². The predicted octanol–water partition coefficient (Wildman–Crippen LogP) is 3.00. The molecular weight excluding hydrogens is 433 g/mol. The Bertz CT molecular complexity index is 951. The van der Waals surface area contributed by atoms with Gasteiger partial charge < -0.3 is 19.3 Å². The van der Waals surface area contributed by atoms with Gasteiger partial charge in [0.15, 0.2) is 5.69 Å². The van der Waals surface area contributed by atoms with Crippen LogP contribution in [0.3, 0.4) is 0 Å². The highest BCUT2D eigenvalue weighted by atomic mass is 19.4. The molecule has 3 heterocycles. The summed E-state index contributed by atoms with van der Waals surface area (Å²) in [7, 11) is 0. The second-order valence-corrected chi connectivity index (χ2v) is 7.73. The minimum Gasteiger partial charge on any atom is -0.475 e. The lowest BCUT2D eigenvalue weighted by atomic mass is 9.99. The van der Waals surface area contributed by atoms with E-state index >= 15 is 0 Å². The minimum absolute atomic E-state index is 0.105. The molecule has 1 atom stereocenters. The maximum Gasteiger partial charge on any atom is 0.490 e. The fraction of sp³-hybridized carbons (Fsp3) is 0.600. The molecule has 0 spiro atoms. The number of rotatable bonds is 6. The standard InChI is InChI=1S/C18H24N4O3.C2HF3O2/c1-3-24-11-16-17-14(9-19-22(17)10-13-4-5-13)6-7-21(16)18(23)15-8-12(2)25-20-15;3-2(4,5)1(6)7/h8-9,13,16H,3-7,10-11H2,1-2H3;(H,6,7). The fourth-order valence-corrected chi connectivity index (χ4v) is 3.50. The number of carbonyl (C=O) groups excluding carboxylic acids is 1. The molecular formula is C20H25F3N4O5. The monoisotopic (exact) mass is 458 g/mol. The number of halogens is 3. The number of amides is 1. The predicted molar refractivity (Wildman–Crippen MR) is 104 cm³/mol. The molecule has 32 heavy (non-hydrogen) atoms. The molecule has 2 aromatic rings. The van der Waals surface area contributed by atoms with Crippen molar-refractivity contribution in [1.29, 1.82) is 0 Å². The Morgan fingerprint density at radius 3 is 2.56 bits per heavy atom. The Balaban J connectivity index is 0.000000360. The van der Waals surface area contributed by atoms with Crippen molar-refractivity contribution in [1.82, 2.24) is 19.8 Å². The number of carboxylic acids is 1. The van der Waals surface area contributed by atoms with Crippen LogP contribution in [0.5, 0.6) is 0 Å². The van der Waals surface area contributed by atoms with Crippen LogP contribution in [-0.2, 0) is 22.5 Å². The quantitative estimate of drug-likeness (QED) is 0.708. The summed E-state index contributed by atoms with van der Waals surface area (Å²) in [6.45, 7) is 6.43. The molecule has 1 amide bonds. The van der Waals surface area contributed by atoms with Crippen molar-refractivity contribution in [3.05, 3.63) is 35.0 Å². The molecule has 176 valence electrons. The van der Waals surface area contributed by atoms with Crippen LogP contribution in [0, 0.1) is 12.8 Å². The zero-order valence-corrected chi connectivity index (χ0v) is 17.8. The van der Waals surface area contributed by atoms with Gasteiger partial charge in [-0.05, 0) is 44.6 Å². The highest BCUT2D eigenvalue weighted by Gasteiger charge is 2.38. The second kappa shape index (κ2) is 9.72. The van der Waals surface area contributed by atoms with E-state index in [-0.39, 0.29) is 11.9 Å². The summed E-state index contributed by atoms with van der Waals surface area (Å²) < 4.78 is 44.6. The third kappa shape index (κ3) is 5.67. The third-order valence-corrected chi connectivity index (χ3v) is 5.23. The van der Waals surface area contributed by atoms with E-state index in [1.54, 1.807) is 13.0 Å². The van der Waals surface area contributed by atoms with Gasteiger partial charge in [-0.3, -0.25) is 9.48 Å². The van der Waals surface area contributed by atoms with Crippen molar-refractivity contribution < 1.29 is 37.1 Å². The van der Waals surface area contributed by atoms with Crippen LogP contribution >= 0.6 is 0 Å². The number of carboxylic acid groups (broad SMARTS) is 1. The van der Waals surface area contributed by atoms with E-state index in [1.165, 1.54) is 18.4 Å². The molecule has 1 fully saturated rings. The molecule has 9 nitrogen and oxygen atoms in total. The largest absolute Gasteiger partial charge is 0.490 e. The Morgan fingerprint density at radius 1 is 1.34 bits per heavy atom. The van der Waals surface area contributed by atoms with Gasteiger partial charge in [0.1, 0.15) is 5.76 Å². The highest BCUT2D eigenvalue weighted by molar-refractivity contribution is 5.92. The zero-order valence-electron chi connectivity index (χ0n) is 17.8. The van der Waals surface area contributed by atoms with E-state index in [0.717, 1.165) is 24.6 Å². The number of hydrogen-bond acceptors (Lipinski definition) is 6. The zero-order chi connectivity index (χ0) is 23.5. The van der Waals surface area contributed by atoms with Crippen LogP contribution < -0.4 is 0 Å².